The van der Waals surface area contributed by atoms with Gasteiger partial charge in [-0.15, -0.1) is 11.3 Å². The molecule has 1 aliphatic rings. The Balaban J connectivity index is 2.37. The second-order valence-electron chi connectivity index (χ2n) is 5.80. The minimum absolute atomic E-state index is 0.280. The summed E-state index contributed by atoms with van der Waals surface area (Å²) in [7, 11) is 0. The van der Waals surface area contributed by atoms with Gasteiger partial charge in [-0.25, -0.2) is 0 Å². The van der Waals surface area contributed by atoms with Crippen LogP contribution in [0, 0.1) is 13.8 Å². The number of nitrogens with two attached hydrogens (primary N) is 1. The molecule has 2 unspecified atom stereocenters. The second kappa shape index (κ2) is 5.72. The van der Waals surface area contributed by atoms with Crippen LogP contribution >= 0.6 is 11.3 Å². The van der Waals surface area contributed by atoms with Crippen molar-refractivity contribution >= 4 is 11.3 Å². The minimum Gasteiger partial charge on any atom is -0.326 e. The first-order chi connectivity index (χ1) is 8.50. The molecule has 3 heteroatoms. The van der Waals surface area contributed by atoms with Gasteiger partial charge >= 0.3 is 0 Å². The van der Waals surface area contributed by atoms with E-state index in [-0.39, 0.29) is 6.04 Å². The number of rotatable bonds is 2. The van der Waals surface area contributed by atoms with Crippen LogP contribution in [-0.4, -0.2) is 23.5 Å². The molecule has 1 aromatic heterocycles. The molecule has 0 spiro atoms. The number of hydrogen-bond acceptors (Lipinski definition) is 3. The first-order valence-corrected chi connectivity index (χ1v) is 7.90. The fourth-order valence-corrected chi connectivity index (χ4v) is 4.12. The quantitative estimate of drug-likeness (QED) is 0.885. The van der Waals surface area contributed by atoms with Crippen molar-refractivity contribution in [1.82, 2.24) is 4.90 Å². The summed E-state index contributed by atoms with van der Waals surface area (Å²) in [6, 6.07) is 3.62. The van der Waals surface area contributed by atoms with Crippen molar-refractivity contribution in [3.8, 4) is 0 Å². The van der Waals surface area contributed by atoms with E-state index in [1.54, 1.807) is 0 Å². The molecule has 1 aromatic rings. The summed E-state index contributed by atoms with van der Waals surface area (Å²) in [5.74, 6) is 0. The van der Waals surface area contributed by atoms with Gasteiger partial charge in [0.2, 0.25) is 0 Å². The van der Waals surface area contributed by atoms with Crippen molar-refractivity contribution < 1.29 is 0 Å². The maximum atomic E-state index is 6.48. The van der Waals surface area contributed by atoms with Crippen molar-refractivity contribution in [2.75, 3.05) is 6.54 Å². The zero-order valence-electron chi connectivity index (χ0n) is 12.1. The predicted molar refractivity (Wildman–Crippen MR) is 80.2 cm³/mol. The molecule has 0 amide bonds. The van der Waals surface area contributed by atoms with Crippen LogP contribution in [0.15, 0.2) is 6.07 Å². The van der Waals surface area contributed by atoms with E-state index in [4.69, 9.17) is 5.73 Å². The third kappa shape index (κ3) is 2.79. The number of aryl methyl sites for hydroxylation is 2. The standard InChI is InChI=1S/C15H26N2S/c1-10(2)17-8-6-5-7-14(16)15(17)13-9-11(3)18-12(13)4/h9-10,14-15H,5-8,16H2,1-4H3. The maximum absolute atomic E-state index is 6.48. The van der Waals surface area contributed by atoms with E-state index < -0.39 is 0 Å². The first kappa shape index (κ1) is 14.0. The molecule has 0 aromatic carbocycles. The lowest BCUT2D eigenvalue weighted by Crippen LogP contribution is -2.43. The molecule has 18 heavy (non-hydrogen) atoms. The lowest BCUT2D eigenvalue weighted by atomic mass is 9.96. The Hall–Kier alpha value is -0.380. The summed E-state index contributed by atoms with van der Waals surface area (Å²) >= 11 is 1.90. The highest BCUT2D eigenvalue weighted by molar-refractivity contribution is 7.12. The van der Waals surface area contributed by atoms with Crippen LogP contribution in [-0.2, 0) is 0 Å². The molecule has 2 heterocycles. The van der Waals surface area contributed by atoms with E-state index >= 15 is 0 Å². The molecule has 1 fully saturated rings. The molecule has 0 saturated carbocycles. The highest BCUT2D eigenvalue weighted by Gasteiger charge is 2.31. The number of hydrogen-bond donors (Lipinski definition) is 1. The number of thiophene rings is 1. The molecule has 2 N–H and O–H groups in total. The Morgan fingerprint density at radius 1 is 1.33 bits per heavy atom. The van der Waals surface area contributed by atoms with E-state index in [9.17, 15) is 0 Å². The monoisotopic (exact) mass is 266 g/mol. The topological polar surface area (TPSA) is 29.3 Å². The van der Waals surface area contributed by atoms with Gasteiger partial charge in [0.25, 0.3) is 0 Å². The smallest absolute Gasteiger partial charge is 0.0512 e. The van der Waals surface area contributed by atoms with E-state index in [0.29, 0.717) is 12.1 Å². The van der Waals surface area contributed by atoms with Crippen LogP contribution in [0.5, 0.6) is 0 Å². The molecular weight excluding hydrogens is 240 g/mol. The fourth-order valence-electron chi connectivity index (χ4n) is 3.15. The van der Waals surface area contributed by atoms with Gasteiger partial charge in [0, 0.05) is 21.8 Å². The predicted octanol–water partition coefficient (Wildman–Crippen LogP) is 3.63. The Morgan fingerprint density at radius 2 is 2.06 bits per heavy atom. The van der Waals surface area contributed by atoms with Crippen LogP contribution in [0.25, 0.3) is 0 Å². The summed E-state index contributed by atoms with van der Waals surface area (Å²) in [6.45, 7) is 10.2. The highest BCUT2D eigenvalue weighted by atomic mass is 32.1. The minimum atomic E-state index is 0.280. The SMILES string of the molecule is Cc1cc(C2C(N)CCCCN2C(C)C)c(C)s1. The Kier molecular flexibility index (Phi) is 4.46. The summed E-state index contributed by atoms with van der Waals surface area (Å²) < 4.78 is 0. The highest BCUT2D eigenvalue weighted by Crippen LogP contribution is 2.36. The zero-order valence-corrected chi connectivity index (χ0v) is 12.9. The fraction of sp³-hybridized carbons (Fsp3) is 0.733. The molecule has 1 saturated heterocycles. The summed E-state index contributed by atoms with van der Waals surface area (Å²) in [5.41, 5.74) is 7.95. The molecule has 0 radical (unpaired) electrons. The molecule has 2 rings (SSSR count). The van der Waals surface area contributed by atoms with Crippen molar-refractivity contribution in [3.63, 3.8) is 0 Å². The average molecular weight is 266 g/mol. The van der Waals surface area contributed by atoms with Gasteiger partial charge in [0.15, 0.2) is 0 Å². The van der Waals surface area contributed by atoms with Gasteiger partial charge in [-0.2, -0.15) is 0 Å². The van der Waals surface area contributed by atoms with E-state index in [0.717, 1.165) is 6.42 Å². The summed E-state index contributed by atoms with van der Waals surface area (Å²) in [6.07, 6.45) is 3.70. The van der Waals surface area contributed by atoms with Gasteiger partial charge in [0.05, 0.1) is 6.04 Å². The molecule has 2 nitrogen and oxygen atoms in total. The normalized spacial score (nSPS) is 26.6. The molecule has 0 aliphatic carbocycles. The largest absolute Gasteiger partial charge is 0.326 e. The van der Waals surface area contributed by atoms with Gasteiger partial charge < -0.3 is 5.73 Å². The lowest BCUT2D eigenvalue weighted by Gasteiger charge is -2.36. The van der Waals surface area contributed by atoms with Gasteiger partial charge in [-0.3, -0.25) is 4.90 Å². The van der Waals surface area contributed by atoms with Gasteiger partial charge in [0.1, 0.15) is 0 Å². The Labute approximate surface area is 115 Å². The van der Waals surface area contributed by atoms with Crippen LogP contribution in [0.1, 0.15) is 54.5 Å². The van der Waals surface area contributed by atoms with E-state index in [1.807, 2.05) is 11.3 Å². The summed E-state index contributed by atoms with van der Waals surface area (Å²) in [5, 5.41) is 0. The summed E-state index contributed by atoms with van der Waals surface area (Å²) in [4.78, 5) is 5.45. The van der Waals surface area contributed by atoms with Gasteiger partial charge in [-0.05, 0) is 58.7 Å². The first-order valence-electron chi connectivity index (χ1n) is 7.09. The molecular formula is C15H26N2S. The molecule has 1 aliphatic heterocycles. The third-order valence-electron chi connectivity index (χ3n) is 4.03. The zero-order chi connectivity index (χ0) is 13.3. The van der Waals surface area contributed by atoms with Crippen LogP contribution in [0.4, 0.5) is 0 Å². The molecule has 0 bridgehead atoms. The van der Waals surface area contributed by atoms with Crippen LogP contribution < -0.4 is 5.73 Å². The molecule has 2 atom stereocenters. The van der Waals surface area contributed by atoms with Crippen LogP contribution in [0.3, 0.4) is 0 Å². The van der Waals surface area contributed by atoms with E-state index in [1.165, 1.54) is 34.7 Å². The van der Waals surface area contributed by atoms with Crippen molar-refractivity contribution in [2.45, 2.75) is 65.1 Å². The number of likely N-dealkylation sites (tertiary alicyclic amines) is 1. The van der Waals surface area contributed by atoms with Crippen molar-refractivity contribution in [2.24, 2.45) is 5.73 Å². The van der Waals surface area contributed by atoms with Crippen molar-refractivity contribution in [3.05, 3.63) is 21.4 Å². The van der Waals surface area contributed by atoms with E-state index in [2.05, 4.69) is 38.7 Å². The maximum Gasteiger partial charge on any atom is 0.0512 e. The van der Waals surface area contributed by atoms with Crippen molar-refractivity contribution in [1.29, 1.82) is 0 Å². The third-order valence-corrected chi connectivity index (χ3v) is 5.01. The average Bonchev–Trinajstić information content (AvgIpc) is 2.50. The van der Waals surface area contributed by atoms with Gasteiger partial charge in [-0.1, -0.05) is 6.42 Å². The lowest BCUT2D eigenvalue weighted by molar-refractivity contribution is 0.144. The molecule has 102 valence electrons. The van der Waals surface area contributed by atoms with Crippen LogP contribution in [0.2, 0.25) is 0 Å². The Bertz CT molecular complexity index is 397. The Morgan fingerprint density at radius 3 is 2.61 bits per heavy atom. The second-order valence-corrected chi connectivity index (χ2v) is 7.27. The number of nitrogens with zero attached hydrogens (tertiary/aromatic N) is 1.